The predicted molar refractivity (Wildman–Crippen MR) is 54.0 cm³/mol. The van der Waals surface area contributed by atoms with Gasteiger partial charge in [-0.1, -0.05) is 13.3 Å². The molecule has 0 saturated heterocycles. The summed E-state index contributed by atoms with van der Waals surface area (Å²) in [6.07, 6.45) is 2.20. The zero-order valence-corrected chi connectivity index (χ0v) is 7.67. The second kappa shape index (κ2) is 3.13. The average molecular weight is 175 g/mol. The Morgan fingerprint density at radius 3 is 2.92 bits per heavy atom. The molecule has 0 radical (unpaired) electrons. The Morgan fingerprint density at radius 1 is 1.31 bits per heavy atom. The molecule has 0 fully saturated rings. The van der Waals surface area contributed by atoms with Crippen LogP contribution in [0.15, 0.2) is 24.3 Å². The molecular formula is C11H13NO. The van der Waals surface area contributed by atoms with Gasteiger partial charge in [0.25, 0.3) is 0 Å². The van der Waals surface area contributed by atoms with E-state index in [2.05, 4.69) is 18.0 Å². The number of aromatic hydroxyl groups is 1. The van der Waals surface area contributed by atoms with Crippen molar-refractivity contribution >= 4 is 10.9 Å². The first kappa shape index (κ1) is 8.17. The summed E-state index contributed by atoms with van der Waals surface area (Å²) in [6, 6.07) is 7.49. The number of fused-ring (bicyclic) bond motifs is 1. The van der Waals surface area contributed by atoms with Gasteiger partial charge in [-0.2, -0.15) is 0 Å². The second-order valence-corrected chi connectivity index (χ2v) is 3.32. The second-order valence-electron chi connectivity index (χ2n) is 3.32. The Kier molecular flexibility index (Phi) is 1.97. The van der Waals surface area contributed by atoms with Crippen LogP contribution in [-0.4, -0.2) is 10.1 Å². The Bertz CT molecular complexity index is 417. The highest BCUT2D eigenvalue weighted by atomic mass is 16.3. The molecule has 2 heteroatoms. The van der Waals surface area contributed by atoms with Gasteiger partial charge in [0.05, 0.1) is 0 Å². The average Bonchev–Trinajstić information content (AvgIpc) is 2.46. The summed E-state index contributed by atoms with van der Waals surface area (Å²) in [5, 5.41) is 10.3. The van der Waals surface area contributed by atoms with Crippen LogP contribution in [0.4, 0.5) is 0 Å². The van der Waals surface area contributed by atoms with Gasteiger partial charge in [-0.15, -0.1) is 0 Å². The maximum Gasteiger partial charge on any atom is 0.116 e. The molecule has 0 aliphatic rings. The third-order valence-corrected chi connectivity index (χ3v) is 2.18. The monoisotopic (exact) mass is 175 g/mol. The lowest BCUT2D eigenvalue weighted by Crippen LogP contribution is -1.79. The van der Waals surface area contributed by atoms with Crippen LogP contribution in [0, 0.1) is 0 Å². The molecular weight excluding hydrogens is 162 g/mol. The number of nitrogens with one attached hydrogen (secondary N) is 1. The van der Waals surface area contributed by atoms with Crippen LogP contribution in [-0.2, 0) is 6.42 Å². The third-order valence-electron chi connectivity index (χ3n) is 2.18. The highest BCUT2D eigenvalue weighted by molar-refractivity contribution is 5.81. The first-order chi connectivity index (χ1) is 6.29. The number of aromatic amines is 1. The zero-order chi connectivity index (χ0) is 9.26. The number of aromatic nitrogens is 1. The van der Waals surface area contributed by atoms with E-state index in [0.717, 1.165) is 23.7 Å². The fraction of sp³-hybridized carbons (Fsp3) is 0.273. The van der Waals surface area contributed by atoms with Crippen molar-refractivity contribution in [1.82, 2.24) is 4.98 Å². The van der Waals surface area contributed by atoms with Crippen molar-refractivity contribution in [3.63, 3.8) is 0 Å². The first-order valence-electron chi connectivity index (χ1n) is 4.60. The molecule has 68 valence electrons. The van der Waals surface area contributed by atoms with Crippen molar-refractivity contribution in [3.05, 3.63) is 30.0 Å². The van der Waals surface area contributed by atoms with Gasteiger partial charge in [0.1, 0.15) is 5.75 Å². The number of aryl methyl sites for hydroxylation is 1. The van der Waals surface area contributed by atoms with Crippen LogP contribution in [0.25, 0.3) is 10.9 Å². The van der Waals surface area contributed by atoms with Crippen molar-refractivity contribution in [2.24, 2.45) is 0 Å². The van der Waals surface area contributed by atoms with Gasteiger partial charge in [0.15, 0.2) is 0 Å². The lowest BCUT2D eigenvalue weighted by Gasteiger charge is -1.90. The number of phenolic OH excluding ortho intramolecular Hbond substituents is 1. The predicted octanol–water partition coefficient (Wildman–Crippen LogP) is 2.83. The van der Waals surface area contributed by atoms with Gasteiger partial charge >= 0.3 is 0 Å². The molecule has 0 atom stereocenters. The Morgan fingerprint density at radius 2 is 2.15 bits per heavy atom. The lowest BCUT2D eigenvalue weighted by atomic mass is 10.2. The van der Waals surface area contributed by atoms with E-state index in [4.69, 9.17) is 0 Å². The molecule has 1 aromatic carbocycles. The Hall–Kier alpha value is -1.44. The molecule has 0 unspecified atom stereocenters. The molecule has 0 aliphatic carbocycles. The molecule has 2 rings (SSSR count). The summed E-state index contributed by atoms with van der Waals surface area (Å²) in [7, 11) is 0. The van der Waals surface area contributed by atoms with Crippen molar-refractivity contribution in [1.29, 1.82) is 0 Å². The zero-order valence-electron chi connectivity index (χ0n) is 7.67. The molecule has 0 spiro atoms. The van der Waals surface area contributed by atoms with Crippen molar-refractivity contribution in [2.75, 3.05) is 0 Å². The summed E-state index contributed by atoms with van der Waals surface area (Å²) < 4.78 is 0. The fourth-order valence-corrected chi connectivity index (χ4v) is 1.58. The molecule has 2 nitrogen and oxygen atoms in total. The Balaban J connectivity index is 2.49. The normalized spacial score (nSPS) is 10.8. The summed E-state index contributed by atoms with van der Waals surface area (Å²) in [4.78, 5) is 3.31. The Labute approximate surface area is 77.2 Å². The molecule has 1 heterocycles. The lowest BCUT2D eigenvalue weighted by molar-refractivity contribution is 0.476. The van der Waals surface area contributed by atoms with E-state index in [0.29, 0.717) is 5.75 Å². The van der Waals surface area contributed by atoms with E-state index in [9.17, 15) is 5.11 Å². The number of benzene rings is 1. The molecule has 1 aromatic heterocycles. The van der Waals surface area contributed by atoms with Crippen LogP contribution < -0.4 is 0 Å². The highest BCUT2D eigenvalue weighted by Gasteiger charge is 1.99. The van der Waals surface area contributed by atoms with E-state index in [1.807, 2.05) is 6.07 Å². The topological polar surface area (TPSA) is 36.0 Å². The van der Waals surface area contributed by atoms with E-state index in [1.54, 1.807) is 12.1 Å². The summed E-state index contributed by atoms with van der Waals surface area (Å²) in [5.74, 6) is 0.328. The SMILES string of the molecule is CCCc1cc2cc(O)ccc2[nH]1. The first-order valence-corrected chi connectivity index (χ1v) is 4.60. The van der Waals surface area contributed by atoms with E-state index < -0.39 is 0 Å². The molecule has 0 amide bonds. The fourth-order valence-electron chi connectivity index (χ4n) is 1.58. The van der Waals surface area contributed by atoms with Crippen LogP contribution in [0.1, 0.15) is 19.0 Å². The van der Waals surface area contributed by atoms with Crippen molar-refractivity contribution in [3.8, 4) is 5.75 Å². The number of hydrogen-bond donors (Lipinski definition) is 2. The minimum absolute atomic E-state index is 0.328. The van der Waals surface area contributed by atoms with E-state index in [-0.39, 0.29) is 0 Å². The minimum Gasteiger partial charge on any atom is -0.508 e. The number of phenols is 1. The number of hydrogen-bond acceptors (Lipinski definition) is 1. The molecule has 0 aliphatic heterocycles. The standard InChI is InChI=1S/C11H13NO/c1-2-3-9-6-8-7-10(13)4-5-11(8)12-9/h4-7,12-13H,2-3H2,1H3. The maximum absolute atomic E-state index is 9.26. The molecule has 0 saturated carbocycles. The van der Waals surface area contributed by atoms with Gasteiger partial charge in [0.2, 0.25) is 0 Å². The minimum atomic E-state index is 0.328. The van der Waals surface area contributed by atoms with Crippen LogP contribution >= 0.6 is 0 Å². The largest absolute Gasteiger partial charge is 0.508 e. The van der Waals surface area contributed by atoms with Gasteiger partial charge in [-0.05, 0) is 30.7 Å². The summed E-state index contributed by atoms with van der Waals surface area (Å²) >= 11 is 0. The third kappa shape index (κ3) is 1.52. The molecule has 0 bridgehead atoms. The smallest absolute Gasteiger partial charge is 0.116 e. The quantitative estimate of drug-likeness (QED) is 0.723. The highest BCUT2D eigenvalue weighted by Crippen LogP contribution is 2.20. The summed E-state index contributed by atoms with van der Waals surface area (Å²) in [6.45, 7) is 2.16. The molecule has 2 N–H and O–H groups in total. The molecule has 2 aromatic rings. The number of rotatable bonds is 2. The van der Waals surface area contributed by atoms with Gasteiger partial charge < -0.3 is 10.1 Å². The van der Waals surface area contributed by atoms with E-state index in [1.165, 1.54) is 5.69 Å². The van der Waals surface area contributed by atoms with Gasteiger partial charge in [0, 0.05) is 16.6 Å². The van der Waals surface area contributed by atoms with Crippen molar-refractivity contribution in [2.45, 2.75) is 19.8 Å². The van der Waals surface area contributed by atoms with Crippen LogP contribution in [0.2, 0.25) is 0 Å². The van der Waals surface area contributed by atoms with Gasteiger partial charge in [-0.3, -0.25) is 0 Å². The van der Waals surface area contributed by atoms with Crippen LogP contribution in [0.3, 0.4) is 0 Å². The maximum atomic E-state index is 9.26. The van der Waals surface area contributed by atoms with Crippen molar-refractivity contribution < 1.29 is 5.11 Å². The summed E-state index contributed by atoms with van der Waals surface area (Å²) in [5.41, 5.74) is 2.34. The van der Waals surface area contributed by atoms with E-state index >= 15 is 0 Å². The van der Waals surface area contributed by atoms with Crippen LogP contribution in [0.5, 0.6) is 5.75 Å². The molecule has 13 heavy (non-hydrogen) atoms. The van der Waals surface area contributed by atoms with Gasteiger partial charge in [-0.25, -0.2) is 0 Å². The number of H-pyrrole nitrogens is 1.